The van der Waals surface area contributed by atoms with Gasteiger partial charge >= 0.3 is 0 Å². The molecule has 0 amide bonds. The third kappa shape index (κ3) is 3.17. The fourth-order valence-electron chi connectivity index (χ4n) is 6.41. The second kappa shape index (κ2) is 8.40. The Bertz CT molecular complexity index is 2490. The number of nitrogens with zero attached hydrogens (tertiary/aromatic N) is 3. The van der Waals surface area contributed by atoms with Crippen LogP contribution in [-0.4, -0.2) is 14.5 Å². The Balaban J connectivity index is 1.39. The molecule has 0 saturated heterocycles. The molecule has 41 heavy (non-hydrogen) atoms. The molecule has 0 bridgehead atoms. The number of hydrogen-bond acceptors (Lipinski definition) is 3. The second-order valence-electron chi connectivity index (χ2n) is 10.3. The van der Waals surface area contributed by atoms with Gasteiger partial charge in [0.05, 0.1) is 16.4 Å². The highest BCUT2D eigenvalue weighted by Gasteiger charge is 2.22. The summed E-state index contributed by atoms with van der Waals surface area (Å²) in [5.41, 5.74) is 7.17. The van der Waals surface area contributed by atoms with Crippen molar-refractivity contribution in [1.82, 2.24) is 14.5 Å². The zero-order chi connectivity index (χ0) is 27.1. The topological polar surface area (TPSA) is 43.9 Å². The molecule has 0 aliphatic rings. The minimum Gasteiger partial charge on any atom is -0.451 e. The van der Waals surface area contributed by atoms with E-state index in [1.165, 1.54) is 5.39 Å². The lowest BCUT2D eigenvalue weighted by Crippen LogP contribution is -1.93. The van der Waals surface area contributed by atoms with E-state index in [1.54, 1.807) is 0 Å². The van der Waals surface area contributed by atoms with Crippen LogP contribution in [-0.2, 0) is 0 Å². The van der Waals surface area contributed by atoms with Gasteiger partial charge < -0.3 is 8.98 Å². The van der Waals surface area contributed by atoms with E-state index < -0.39 is 0 Å². The number of rotatable bonds is 2. The molecule has 0 saturated carbocycles. The van der Waals surface area contributed by atoms with Crippen molar-refractivity contribution in [3.63, 3.8) is 0 Å². The number of halogens is 1. The summed E-state index contributed by atoms with van der Waals surface area (Å²) in [6, 6.07) is 42.1. The summed E-state index contributed by atoms with van der Waals surface area (Å²) >= 11 is 6.63. The minimum absolute atomic E-state index is 0.194. The highest BCUT2D eigenvalue weighted by atomic mass is 35.5. The molecule has 9 rings (SSSR count). The van der Waals surface area contributed by atoms with Crippen LogP contribution in [0.4, 0.5) is 0 Å². The normalized spacial score (nSPS) is 12.0. The van der Waals surface area contributed by atoms with E-state index in [-0.39, 0.29) is 5.28 Å². The lowest BCUT2D eigenvalue weighted by Gasteiger charge is -2.08. The Morgan fingerprint density at radius 2 is 1.17 bits per heavy atom. The van der Waals surface area contributed by atoms with E-state index in [9.17, 15) is 0 Å². The number of hydrogen-bond donors (Lipinski definition) is 0. The van der Waals surface area contributed by atoms with Crippen molar-refractivity contribution in [2.75, 3.05) is 0 Å². The van der Waals surface area contributed by atoms with Crippen LogP contribution in [0.25, 0.3) is 82.4 Å². The Morgan fingerprint density at radius 1 is 0.537 bits per heavy atom. The van der Waals surface area contributed by atoms with E-state index in [2.05, 4.69) is 114 Å². The first kappa shape index (κ1) is 22.6. The molecule has 6 aromatic carbocycles. The molecular formula is C36H20ClN3O. The molecular weight excluding hydrogens is 526 g/mol. The summed E-state index contributed by atoms with van der Waals surface area (Å²) in [6.07, 6.45) is 0. The number of furan rings is 1. The van der Waals surface area contributed by atoms with Gasteiger partial charge in [-0.1, -0.05) is 91.0 Å². The molecule has 4 nitrogen and oxygen atoms in total. The van der Waals surface area contributed by atoms with Gasteiger partial charge in [0, 0.05) is 27.4 Å². The van der Waals surface area contributed by atoms with Crippen molar-refractivity contribution in [3.05, 3.63) is 127 Å². The molecule has 5 heteroatoms. The monoisotopic (exact) mass is 545 g/mol. The Kier molecular flexibility index (Phi) is 4.63. The van der Waals surface area contributed by atoms with Gasteiger partial charge in [0.15, 0.2) is 5.58 Å². The predicted molar refractivity (Wildman–Crippen MR) is 169 cm³/mol. The molecule has 0 atom stereocenters. The van der Waals surface area contributed by atoms with Crippen LogP contribution < -0.4 is 0 Å². The average Bonchev–Trinajstić information content (AvgIpc) is 3.57. The van der Waals surface area contributed by atoms with Gasteiger partial charge in [-0.2, -0.15) is 0 Å². The van der Waals surface area contributed by atoms with Crippen molar-refractivity contribution < 1.29 is 4.42 Å². The maximum absolute atomic E-state index is 6.70. The van der Waals surface area contributed by atoms with Crippen molar-refractivity contribution in [1.29, 1.82) is 0 Å². The molecule has 0 aliphatic heterocycles. The molecule has 0 fully saturated rings. The van der Waals surface area contributed by atoms with Crippen LogP contribution in [0.3, 0.4) is 0 Å². The Morgan fingerprint density at radius 3 is 1.98 bits per heavy atom. The number of benzene rings is 6. The van der Waals surface area contributed by atoms with Gasteiger partial charge in [0.1, 0.15) is 16.8 Å². The van der Waals surface area contributed by atoms with Crippen molar-refractivity contribution in [3.8, 4) is 16.9 Å². The molecule has 3 aromatic heterocycles. The summed E-state index contributed by atoms with van der Waals surface area (Å²) in [7, 11) is 0. The molecule has 192 valence electrons. The maximum atomic E-state index is 6.70. The van der Waals surface area contributed by atoms with Crippen molar-refractivity contribution in [2.24, 2.45) is 0 Å². The Hall–Kier alpha value is -5.19. The summed E-state index contributed by atoms with van der Waals surface area (Å²) in [6.45, 7) is 0. The molecule has 9 aromatic rings. The van der Waals surface area contributed by atoms with Crippen molar-refractivity contribution >= 4 is 77.0 Å². The highest BCUT2D eigenvalue weighted by molar-refractivity contribution is 6.32. The lowest BCUT2D eigenvalue weighted by molar-refractivity contribution is 0.671. The van der Waals surface area contributed by atoms with Crippen molar-refractivity contribution in [2.45, 2.75) is 0 Å². The van der Waals surface area contributed by atoms with Gasteiger partial charge in [-0.05, 0) is 58.1 Å². The first-order chi connectivity index (χ1) is 20.3. The van der Waals surface area contributed by atoms with Gasteiger partial charge in [-0.15, -0.1) is 0 Å². The van der Waals surface area contributed by atoms with Crippen LogP contribution in [0.2, 0.25) is 5.28 Å². The van der Waals surface area contributed by atoms with E-state index in [0.717, 1.165) is 65.7 Å². The smallest absolute Gasteiger partial charge is 0.223 e. The number of fused-ring (bicyclic) bond motifs is 11. The summed E-state index contributed by atoms with van der Waals surface area (Å²) in [5, 5.41) is 7.89. The lowest BCUT2D eigenvalue weighted by atomic mass is 9.98. The van der Waals surface area contributed by atoms with Gasteiger partial charge in [0.2, 0.25) is 5.28 Å². The largest absolute Gasteiger partial charge is 0.451 e. The van der Waals surface area contributed by atoms with Gasteiger partial charge in [0.25, 0.3) is 0 Å². The van der Waals surface area contributed by atoms with E-state index in [4.69, 9.17) is 26.0 Å². The van der Waals surface area contributed by atoms with E-state index in [0.29, 0.717) is 11.3 Å². The third-order valence-corrected chi connectivity index (χ3v) is 8.29. The minimum atomic E-state index is 0.194. The summed E-state index contributed by atoms with van der Waals surface area (Å²) in [4.78, 5) is 9.45. The molecule has 3 heterocycles. The van der Waals surface area contributed by atoms with Crippen LogP contribution in [0, 0.1) is 0 Å². The van der Waals surface area contributed by atoms with Crippen LogP contribution >= 0.6 is 11.6 Å². The maximum Gasteiger partial charge on any atom is 0.223 e. The fraction of sp³-hybridized carbons (Fsp3) is 0. The SMILES string of the molecule is Clc1nc(-c2ccc3c(c2)c2ccccc2n3-c2ccccc2)c2oc3c4ccccc4c4ccccc4c3c2n1. The summed E-state index contributed by atoms with van der Waals surface area (Å²) in [5.74, 6) is 0. The molecule has 0 spiro atoms. The fourth-order valence-corrected chi connectivity index (χ4v) is 6.58. The standard InChI is InChI=1S/C36H20ClN3O/c37-36-38-32(21-18-19-30-28(20-21)25-14-8-9-17-29(25)40(30)22-10-2-1-3-11-22)35-33(39-36)31-26-15-6-4-12-23(26)24-13-5-7-16-27(24)34(31)41-35/h1-20H. The first-order valence-corrected chi connectivity index (χ1v) is 13.9. The number of para-hydroxylation sites is 2. The zero-order valence-corrected chi connectivity index (χ0v) is 22.4. The van der Waals surface area contributed by atoms with E-state index in [1.807, 2.05) is 12.1 Å². The Labute approximate surface area is 239 Å². The second-order valence-corrected chi connectivity index (χ2v) is 10.7. The van der Waals surface area contributed by atoms with Crippen LogP contribution in [0.1, 0.15) is 0 Å². The third-order valence-electron chi connectivity index (χ3n) is 8.12. The molecule has 0 radical (unpaired) electrons. The molecule has 0 unspecified atom stereocenters. The van der Waals surface area contributed by atoms with Crippen LogP contribution in [0.15, 0.2) is 126 Å². The molecule has 0 N–H and O–H groups in total. The quantitative estimate of drug-likeness (QED) is 0.160. The van der Waals surface area contributed by atoms with Gasteiger partial charge in [-0.25, -0.2) is 9.97 Å². The van der Waals surface area contributed by atoms with Crippen LogP contribution in [0.5, 0.6) is 0 Å². The molecule has 0 aliphatic carbocycles. The average molecular weight is 546 g/mol. The zero-order valence-electron chi connectivity index (χ0n) is 21.7. The first-order valence-electron chi connectivity index (χ1n) is 13.5. The van der Waals surface area contributed by atoms with E-state index >= 15 is 0 Å². The number of aromatic nitrogens is 3. The summed E-state index contributed by atoms with van der Waals surface area (Å²) < 4.78 is 9.00. The highest BCUT2D eigenvalue weighted by Crippen LogP contribution is 2.43. The van der Waals surface area contributed by atoms with Gasteiger partial charge in [-0.3, -0.25) is 0 Å². The predicted octanol–water partition coefficient (Wildman–Crippen LogP) is 10.1.